The minimum absolute atomic E-state index is 0. The highest BCUT2D eigenvalue weighted by molar-refractivity contribution is 8.13. The highest BCUT2D eigenvalue weighted by Crippen LogP contribution is 2.45. The lowest BCUT2D eigenvalue weighted by Crippen LogP contribution is -2.32. The van der Waals surface area contributed by atoms with E-state index in [-0.39, 0.29) is 13.5 Å². The molecule has 1 saturated carbocycles. The number of rotatable bonds is 4. The third kappa shape index (κ3) is 3.96. The highest BCUT2D eigenvalue weighted by Gasteiger charge is 2.38. The molecule has 0 radical (unpaired) electrons. The molecule has 1 N–H and O–H groups in total. The van der Waals surface area contributed by atoms with E-state index < -0.39 is 0 Å². The van der Waals surface area contributed by atoms with Crippen LogP contribution in [0.15, 0.2) is 59.1 Å². The predicted molar refractivity (Wildman–Crippen MR) is 141 cm³/mol. The topological polar surface area (TPSA) is 24.4 Å². The van der Waals surface area contributed by atoms with Gasteiger partial charge in [0.2, 0.25) is 0 Å². The number of amidine groups is 1. The van der Waals surface area contributed by atoms with E-state index in [1.54, 1.807) is 0 Å². The van der Waals surface area contributed by atoms with Crippen LogP contribution < -0.4 is 5.32 Å². The number of allylic oxidation sites excluding steroid dienone is 3. The zero-order valence-electron chi connectivity index (χ0n) is 19.9. The van der Waals surface area contributed by atoms with Gasteiger partial charge in [-0.3, -0.25) is 4.99 Å². The van der Waals surface area contributed by atoms with Gasteiger partial charge in [0.1, 0.15) is 6.04 Å². The Hall–Kier alpha value is -2.26. The molecule has 2 aliphatic carbocycles. The molecule has 1 fully saturated rings. The van der Waals surface area contributed by atoms with Gasteiger partial charge in [0.05, 0.1) is 6.04 Å². The molecule has 2 aromatic rings. The number of nitrogens with one attached hydrogen (secondary N) is 1. The van der Waals surface area contributed by atoms with Gasteiger partial charge in [-0.05, 0) is 104 Å². The van der Waals surface area contributed by atoms with E-state index >= 15 is 0 Å². The summed E-state index contributed by atoms with van der Waals surface area (Å²) >= 11 is 1.86. The second-order valence-electron chi connectivity index (χ2n) is 9.74. The quantitative estimate of drug-likeness (QED) is 0.500. The number of hydrogen-bond donors (Lipinski definition) is 1. The summed E-state index contributed by atoms with van der Waals surface area (Å²) in [4.78, 5) is 5.22. The molecule has 168 valence electrons. The van der Waals surface area contributed by atoms with Gasteiger partial charge in [-0.25, -0.2) is 0 Å². The van der Waals surface area contributed by atoms with E-state index in [0.717, 1.165) is 29.2 Å². The Morgan fingerprint density at radius 2 is 1.62 bits per heavy atom. The molecule has 5 rings (SSSR count). The molecular weight excluding hydrogens is 408 g/mol. The van der Waals surface area contributed by atoms with Crippen LogP contribution >= 0.6 is 11.8 Å². The second-order valence-corrected chi connectivity index (χ2v) is 10.7. The van der Waals surface area contributed by atoms with E-state index in [4.69, 9.17) is 4.99 Å². The Balaban J connectivity index is 0.00000259. The third-order valence-corrected chi connectivity index (χ3v) is 8.89. The summed E-state index contributed by atoms with van der Waals surface area (Å²) in [5, 5.41) is 4.92. The van der Waals surface area contributed by atoms with Gasteiger partial charge in [0.25, 0.3) is 0 Å². The lowest BCUT2D eigenvalue weighted by Gasteiger charge is -2.22. The summed E-state index contributed by atoms with van der Waals surface area (Å²) in [6.45, 7) is 11.3. The van der Waals surface area contributed by atoms with Crippen LogP contribution in [0.1, 0.15) is 59.3 Å². The van der Waals surface area contributed by atoms with Gasteiger partial charge in [-0.2, -0.15) is 0 Å². The van der Waals surface area contributed by atoms with Crippen molar-refractivity contribution in [1.29, 1.82) is 0 Å². The fourth-order valence-electron chi connectivity index (χ4n) is 5.28. The van der Waals surface area contributed by atoms with Crippen molar-refractivity contribution in [3.63, 3.8) is 0 Å². The van der Waals surface area contributed by atoms with Crippen LogP contribution in [0.5, 0.6) is 0 Å². The number of nitrogens with zero attached hydrogens (tertiary/aromatic N) is 1. The molecule has 3 aliphatic rings. The van der Waals surface area contributed by atoms with Crippen molar-refractivity contribution < 1.29 is 1.43 Å². The fourth-order valence-corrected chi connectivity index (χ4v) is 6.39. The van der Waals surface area contributed by atoms with E-state index in [1.165, 1.54) is 50.9 Å². The minimum Gasteiger partial charge on any atom is -0.356 e. The van der Waals surface area contributed by atoms with Crippen molar-refractivity contribution in [1.82, 2.24) is 5.32 Å². The largest absolute Gasteiger partial charge is 0.356 e. The number of fused-ring (bicyclic) bond motifs is 1. The summed E-state index contributed by atoms with van der Waals surface area (Å²) < 4.78 is 0. The van der Waals surface area contributed by atoms with Gasteiger partial charge >= 0.3 is 0 Å². The van der Waals surface area contributed by atoms with Crippen molar-refractivity contribution in [2.75, 3.05) is 0 Å². The number of thioether (sulfide) groups is 1. The average Bonchev–Trinajstić information content (AvgIpc) is 3.45. The maximum absolute atomic E-state index is 5.22. The summed E-state index contributed by atoms with van der Waals surface area (Å²) in [6.07, 6.45) is 9.70. The molecule has 0 aromatic heterocycles. The van der Waals surface area contributed by atoms with Crippen LogP contribution in [0.3, 0.4) is 0 Å². The molecule has 3 heteroatoms. The Labute approximate surface area is 198 Å². The molecule has 0 bridgehead atoms. The van der Waals surface area contributed by atoms with Crippen molar-refractivity contribution >= 4 is 16.9 Å². The molecule has 0 spiro atoms. The van der Waals surface area contributed by atoms with Crippen molar-refractivity contribution in [2.24, 2.45) is 16.8 Å². The molecule has 32 heavy (non-hydrogen) atoms. The Kier molecular flexibility index (Phi) is 5.79. The smallest absolute Gasteiger partial charge is 0.158 e. The molecule has 0 amide bonds. The summed E-state index contributed by atoms with van der Waals surface area (Å²) in [5.74, 6) is 2.48. The van der Waals surface area contributed by atoms with Crippen molar-refractivity contribution in [3.05, 3.63) is 93.1 Å². The first-order valence-corrected chi connectivity index (χ1v) is 12.9. The summed E-state index contributed by atoms with van der Waals surface area (Å²) in [7, 11) is 0. The van der Waals surface area contributed by atoms with E-state index in [1.807, 2.05) is 11.8 Å². The van der Waals surface area contributed by atoms with E-state index in [2.05, 4.69) is 88.5 Å². The van der Waals surface area contributed by atoms with E-state index in [0.29, 0.717) is 0 Å². The maximum Gasteiger partial charge on any atom is 0.158 e. The molecule has 2 unspecified atom stereocenters. The molecule has 2 nitrogen and oxygen atoms in total. The van der Waals surface area contributed by atoms with Crippen LogP contribution in [0.25, 0.3) is 0 Å². The zero-order chi connectivity index (χ0) is 22.4. The SMILES string of the molecule is Cc1c(C)c(C)c(CSC2=N[C@H](c3ccccc3)[C@H](C3=CC4CC4C=CC3)N2)c(C)c1C.[HH]. The number of aliphatic imine (C=N–C) groups is 1. The molecular formula is C29H36N2S. The maximum atomic E-state index is 5.22. The van der Waals surface area contributed by atoms with Gasteiger partial charge in [0, 0.05) is 7.18 Å². The van der Waals surface area contributed by atoms with Gasteiger partial charge in [-0.15, -0.1) is 0 Å². The monoisotopic (exact) mass is 444 g/mol. The first-order chi connectivity index (χ1) is 15.4. The first-order valence-electron chi connectivity index (χ1n) is 11.9. The zero-order valence-corrected chi connectivity index (χ0v) is 20.7. The van der Waals surface area contributed by atoms with Crippen LogP contribution in [-0.4, -0.2) is 11.2 Å². The lowest BCUT2D eigenvalue weighted by molar-refractivity contribution is 0.599. The van der Waals surface area contributed by atoms with Crippen LogP contribution in [0.4, 0.5) is 0 Å². The van der Waals surface area contributed by atoms with E-state index in [9.17, 15) is 0 Å². The number of hydrogen-bond acceptors (Lipinski definition) is 3. The van der Waals surface area contributed by atoms with Crippen LogP contribution in [0.2, 0.25) is 0 Å². The second kappa shape index (κ2) is 8.59. The molecule has 1 heterocycles. The first kappa shape index (κ1) is 21.6. The third-order valence-electron chi connectivity index (χ3n) is 7.96. The van der Waals surface area contributed by atoms with Crippen LogP contribution in [0, 0.1) is 46.5 Å². The Morgan fingerprint density at radius 3 is 2.34 bits per heavy atom. The van der Waals surface area contributed by atoms with Crippen molar-refractivity contribution in [3.8, 4) is 0 Å². The fraction of sp³-hybridized carbons (Fsp3) is 0.414. The van der Waals surface area contributed by atoms with Crippen LogP contribution in [-0.2, 0) is 5.75 Å². The predicted octanol–water partition coefficient (Wildman–Crippen LogP) is 7.30. The summed E-state index contributed by atoms with van der Waals surface area (Å²) in [5.41, 5.74) is 11.4. The van der Waals surface area contributed by atoms with Gasteiger partial charge in [0.15, 0.2) is 5.17 Å². The Bertz CT molecular complexity index is 1100. The molecule has 1 aliphatic heterocycles. The lowest BCUT2D eigenvalue weighted by atomic mass is 9.90. The number of benzene rings is 2. The van der Waals surface area contributed by atoms with Gasteiger partial charge < -0.3 is 5.32 Å². The molecule has 4 atom stereocenters. The Morgan fingerprint density at radius 1 is 0.938 bits per heavy atom. The minimum atomic E-state index is 0. The standard InChI is InChI=1S/C29H34N2S.H2/c1-17-18(2)20(4)26(21(5)19(17)3)16-32-29-30-27(22-10-7-6-8-11-22)28(31-29)24-13-9-12-23-14-25(23)15-24;/h6-12,15,23,25,27-28H,13-14,16H2,1-5H3,(H,30,31);1H/t23?,25?,27-,28+;/m1./s1. The normalized spacial score (nSPS) is 26.2. The van der Waals surface area contributed by atoms with Gasteiger partial charge in [-0.1, -0.05) is 60.3 Å². The van der Waals surface area contributed by atoms with Crippen molar-refractivity contribution in [2.45, 2.75) is 65.3 Å². The highest BCUT2D eigenvalue weighted by atomic mass is 32.2. The molecule has 0 saturated heterocycles. The molecule has 2 aromatic carbocycles. The summed E-state index contributed by atoms with van der Waals surface area (Å²) in [6, 6.07) is 11.2. The average molecular weight is 445 g/mol.